The van der Waals surface area contributed by atoms with Crippen LogP contribution >= 0.6 is 0 Å². The first-order valence-corrected chi connectivity index (χ1v) is 7.18. The largest absolute Gasteiger partial charge is 0.346 e. The smallest absolute Gasteiger partial charge is 0.312 e. The Morgan fingerprint density at radius 2 is 1.45 bits per heavy atom. The van der Waals surface area contributed by atoms with Crippen molar-refractivity contribution in [3.63, 3.8) is 0 Å². The van der Waals surface area contributed by atoms with E-state index in [1.54, 1.807) is 4.90 Å². The van der Waals surface area contributed by atoms with E-state index >= 15 is 0 Å². The van der Waals surface area contributed by atoms with Crippen molar-refractivity contribution in [1.82, 2.24) is 15.1 Å². The number of hydrogen-bond acceptors (Lipinski definition) is 3. The fourth-order valence-electron chi connectivity index (χ4n) is 2.10. The number of hydrogen-bond donors (Lipinski definition) is 1. The van der Waals surface area contributed by atoms with E-state index in [-0.39, 0.29) is 11.9 Å². The van der Waals surface area contributed by atoms with Crippen LogP contribution in [0.4, 0.5) is 0 Å². The number of nitrogens with one attached hydrogen (secondary N) is 1. The lowest BCUT2D eigenvalue weighted by Gasteiger charge is -2.34. The maximum atomic E-state index is 11.9. The summed E-state index contributed by atoms with van der Waals surface area (Å²) in [5, 5.41) is 2.59. The molecule has 0 aromatic rings. The minimum Gasteiger partial charge on any atom is -0.346 e. The molecule has 6 nitrogen and oxygen atoms in total. The van der Waals surface area contributed by atoms with Gasteiger partial charge in [-0.15, -0.1) is 0 Å². The Kier molecular flexibility index (Phi) is 5.98. The van der Waals surface area contributed by atoms with E-state index in [1.807, 2.05) is 27.7 Å². The van der Waals surface area contributed by atoms with E-state index < -0.39 is 11.8 Å². The summed E-state index contributed by atoms with van der Waals surface area (Å²) in [5.41, 5.74) is 0. The lowest BCUT2D eigenvalue weighted by molar-refractivity contribution is -0.148. The number of piperazine rings is 1. The van der Waals surface area contributed by atoms with Gasteiger partial charge in [-0.05, 0) is 19.8 Å². The average molecular weight is 283 g/mol. The maximum absolute atomic E-state index is 11.9. The lowest BCUT2D eigenvalue weighted by Crippen LogP contribution is -2.54. The highest BCUT2D eigenvalue weighted by molar-refractivity contribution is 6.35. The van der Waals surface area contributed by atoms with Gasteiger partial charge in [0, 0.05) is 38.6 Å². The zero-order valence-corrected chi connectivity index (χ0v) is 12.8. The van der Waals surface area contributed by atoms with Crippen molar-refractivity contribution in [2.75, 3.05) is 26.2 Å². The van der Waals surface area contributed by atoms with Crippen molar-refractivity contribution in [2.24, 2.45) is 5.92 Å². The van der Waals surface area contributed by atoms with E-state index in [1.165, 1.54) is 4.90 Å². The third-order valence-electron chi connectivity index (χ3n) is 3.12. The van der Waals surface area contributed by atoms with Gasteiger partial charge in [0.15, 0.2) is 0 Å². The molecule has 0 atom stereocenters. The second-order valence-electron chi connectivity index (χ2n) is 5.90. The Labute approximate surface area is 120 Å². The zero-order valence-electron chi connectivity index (χ0n) is 12.8. The predicted octanol–water partition coefficient (Wildman–Crippen LogP) is 0.228. The second kappa shape index (κ2) is 7.26. The molecule has 114 valence electrons. The van der Waals surface area contributed by atoms with Gasteiger partial charge < -0.3 is 15.1 Å². The van der Waals surface area contributed by atoms with Crippen molar-refractivity contribution in [2.45, 2.75) is 40.2 Å². The highest BCUT2D eigenvalue weighted by Crippen LogP contribution is 2.08. The van der Waals surface area contributed by atoms with E-state index in [4.69, 9.17) is 0 Å². The molecule has 1 heterocycles. The second-order valence-corrected chi connectivity index (χ2v) is 5.90. The van der Waals surface area contributed by atoms with Crippen LogP contribution in [0.1, 0.15) is 34.1 Å². The van der Waals surface area contributed by atoms with Gasteiger partial charge in [0.1, 0.15) is 0 Å². The fraction of sp³-hybridized carbons (Fsp3) is 0.786. The van der Waals surface area contributed by atoms with Crippen LogP contribution in [0.3, 0.4) is 0 Å². The van der Waals surface area contributed by atoms with Gasteiger partial charge in [0.25, 0.3) is 0 Å². The van der Waals surface area contributed by atoms with Crippen LogP contribution in [-0.4, -0.2) is 59.7 Å². The van der Waals surface area contributed by atoms with Crippen LogP contribution in [0.25, 0.3) is 0 Å². The van der Waals surface area contributed by atoms with E-state index in [0.29, 0.717) is 38.5 Å². The molecule has 0 spiro atoms. The minimum absolute atomic E-state index is 0.0552. The van der Waals surface area contributed by atoms with Gasteiger partial charge in [0.05, 0.1) is 0 Å². The summed E-state index contributed by atoms with van der Waals surface area (Å²) in [6.45, 7) is 9.50. The molecule has 0 saturated carbocycles. The summed E-state index contributed by atoms with van der Waals surface area (Å²) < 4.78 is 0. The molecule has 1 fully saturated rings. The van der Waals surface area contributed by atoms with Crippen LogP contribution in [0.5, 0.6) is 0 Å². The third-order valence-corrected chi connectivity index (χ3v) is 3.12. The van der Waals surface area contributed by atoms with Gasteiger partial charge in [-0.3, -0.25) is 14.4 Å². The molecule has 0 radical (unpaired) electrons. The number of carbonyl (C=O) groups excluding carboxylic acids is 3. The first-order chi connectivity index (χ1) is 9.31. The Morgan fingerprint density at radius 3 is 1.90 bits per heavy atom. The predicted molar refractivity (Wildman–Crippen MR) is 75.9 cm³/mol. The Hall–Kier alpha value is -1.59. The number of nitrogens with zero attached hydrogens (tertiary/aromatic N) is 2. The van der Waals surface area contributed by atoms with Gasteiger partial charge in [0.2, 0.25) is 5.91 Å². The highest BCUT2D eigenvalue weighted by Gasteiger charge is 2.27. The van der Waals surface area contributed by atoms with Gasteiger partial charge >= 0.3 is 11.8 Å². The van der Waals surface area contributed by atoms with Crippen LogP contribution in [0.2, 0.25) is 0 Å². The summed E-state index contributed by atoms with van der Waals surface area (Å²) in [6.07, 6.45) is 0.530. The Morgan fingerprint density at radius 1 is 0.950 bits per heavy atom. The maximum Gasteiger partial charge on any atom is 0.312 e. The molecule has 0 bridgehead atoms. The number of carbonyl (C=O) groups is 3. The molecule has 6 heteroatoms. The molecule has 1 aliphatic rings. The summed E-state index contributed by atoms with van der Waals surface area (Å²) in [7, 11) is 0. The van der Waals surface area contributed by atoms with Crippen molar-refractivity contribution in [1.29, 1.82) is 0 Å². The normalized spacial score (nSPS) is 15.7. The third kappa shape index (κ3) is 4.83. The molecule has 3 amide bonds. The van der Waals surface area contributed by atoms with Gasteiger partial charge in [-0.25, -0.2) is 0 Å². The van der Waals surface area contributed by atoms with Crippen molar-refractivity contribution >= 4 is 17.7 Å². The quantitative estimate of drug-likeness (QED) is 0.754. The molecule has 1 aliphatic heterocycles. The molecular weight excluding hydrogens is 258 g/mol. The number of rotatable bonds is 3. The zero-order chi connectivity index (χ0) is 15.3. The molecule has 1 N–H and O–H groups in total. The van der Waals surface area contributed by atoms with Gasteiger partial charge in [-0.2, -0.15) is 0 Å². The average Bonchev–Trinajstić information content (AvgIpc) is 2.36. The van der Waals surface area contributed by atoms with Crippen LogP contribution in [0, 0.1) is 5.92 Å². The lowest BCUT2D eigenvalue weighted by atomic mass is 10.1. The molecule has 20 heavy (non-hydrogen) atoms. The topological polar surface area (TPSA) is 69.7 Å². The van der Waals surface area contributed by atoms with Crippen molar-refractivity contribution in [3.05, 3.63) is 0 Å². The fourth-order valence-corrected chi connectivity index (χ4v) is 2.10. The number of amides is 3. The Balaban J connectivity index is 2.44. The molecule has 0 unspecified atom stereocenters. The van der Waals surface area contributed by atoms with E-state index in [9.17, 15) is 14.4 Å². The van der Waals surface area contributed by atoms with Gasteiger partial charge in [-0.1, -0.05) is 13.8 Å². The first kappa shape index (κ1) is 16.5. The summed E-state index contributed by atoms with van der Waals surface area (Å²) in [5.74, 6) is -0.616. The molecule has 0 aromatic heterocycles. The highest BCUT2D eigenvalue weighted by atomic mass is 16.2. The SMILES string of the molecule is CC(C)CC(=O)N1CCN(C(=O)C(=O)NC(C)C)CC1. The van der Waals surface area contributed by atoms with Crippen LogP contribution in [-0.2, 0) is 14.4 Å². The van der Waals surface area contributed by atoms with Crippen molar-refractivity contribution < 1.29 is 14.4 Å². The van der Waals surface area contributed by atoms with Crippen LogP contribution < -0.4 is 5.32 Å². The van der Waals surface area contributed by atoms with Crippen molar-refractivity contribution in [3.8, 4) is 0 Å². The molecule has 1 rings (SSSR count). The minimum atomic E-state index is -0.568. The van der Waals surface area contributed by atoms with E-state index in [0.717, 1.165) is 0 Å². The molecular formula is C14H25N3O3. The van der Waals surface area contributed by atoms with E-state index in [2.05, 4.69) is 5.32 Å². The summed E-state index contributed by atoms with van der Waals surface area (Å²) in [6, 6.07) is -0.0552. The molecule has 0 aromatic carbocycles. The van der Waals surface area contributed by atoms with Crippen LogP contribution in [0.15, 0.2) is 0 Å². The monoisotopic (exact) mass is 283 g/mol. The summed E-state index contributed by atoms with van der Waals surface area (Å²) >= 11 is 0. The molecule has 0 aliphatic carbocycles. The summed E-state index contributed by atoms with van der Waals surface area (Å²) in [4.78, 5) is 38.7. The standard InChI is InChI=1S/C14H25N3O3/c1-10(2)9-12(18)16-5-7-17(8-6-16)14(20)13(19)15-11(3)4/h10-11H,5-9H2,1-4H3,(H,15,19). The molecule has 1 saturated heterocycles. The first-order valence-electron chi connectivity index (χ1n) is 7.18. The Bertz CT molecular complexity index is 372.